The molecule has 26 heavy (non-hydrogen) atoms. The molecule has 1 fully saturated rings. The third-order valence-corrected chi connectivity index (χ3v) is 5.05. The van der Waals surface area contributed by atoms with Crippen molar-refractivity contribution in [1.29, 1.82) is 5.26 Å². The van der Waals surface area contributed by atoms with Crippen LogP contribution in [0.1, 0.15) is 41.5 Å². The van der Waals surface area contributed by atoms with Gasteiger partial charge in [-0.05, 0) is 31.3 Å². The number of likely N-dealkylation sites (tertiary alicyclic amines) is 1. The van der Waals surface area contributed by atoms with Crippen LogP contribution in [0.15, 0.2) is 6.20 Å². The van der Waals surface area contributed by atoms with Gasteiger partial charge in [0.25, 0.3) is 0 Å². The van der Waals surface area contributed by atoms with Crippen LogP contribution in [0.4, 0.5) is 23.0 Å². The highest BCUT2D eigenvalue weighted by Crippen LogP contribution is 2.31. The van der Waals surface area contributed by atoms with Crippen molar-refractivity contribution in [3.8, 4) is 6.07 Å². The minimum atomic E-state index is -4.48. The van der Waals surface area contributed by atoms with Crippen molar-refractivity contribution in [2.45, 2.75) is 31.9 Å². The normalized spacial score (nSPS) is 17.8. The van der Waals surface area contributed by atoms with Crippen LogP contribution in [-0.4, -0.2) is 38.4 Å². The predicted molar refractivity (Wildman–Crippen MR) is 87.7 cm³/mol. The van der Waals surface area contributed by atoms with E-state index in [2.05, 4.69) is 19.7 Å². The zero-order chi connectivity index (χ0) is 18.9. The number of imidazole rings is 1. The first-order valence-electron chi connectivity index (χ1n) is 7.84. The SMILES string of the molecule is Cc1nsc(NC(=O)N2CCCC(c3ncc(C(F)(F)F)[nH]3)C2)c1C#N. The molecule has 3 heterocycles. The summed E-state index contributed by atoms with van der Waals surface area (Å²) in [6.45, 7) is 2.40. The van der Waals surface area contributed by atoms with E-state index in [0.29, 0.717) is 35.6 Å². The molecule has 1 aliphatic rings. The number of nitriles is 1. The number of anilines is 1. The summed E-state index contributed by atoms with van der Waals surface area (Å²) in [4.78, 5) is 20.1. The fraction of sp³-hybridized carbons (Fsp3) is 0.467. The molecule has 0 aliphatic carbocycles. The number of halogens is 3. The van der Waals surface area contributed by atoms with Crippen molar-refractivity contribution in [3.05, 3.63) is 29.0 Å². The molecule has 1 unspecified atom stereocenters. The topological polar surface area (TPSA) is 97.7 Å². The quantitative estimate of drug-likeness (QED) is 0.828. The van der Waals surface area contributed by atoms with Gasteiger partial charge in [0.15, 0.2) is 0 Å². The summed E-state index contributed by atoms with van der Waals surface area (Å²) in [6, 6.07) is 1.59. The molecule has 138 valence electrons. The summed E-state index contributed by atoms with van der Waals surface area (Å²) in [6.07, 6.45) is -2.42. The molecule has 1 atom stereocenters. The zero-order valence-corrected chi connectivity index (χ0v) is 14.5. The van der Waals surface area contributed by atoms with Crippen molar-refractivity contribution in [2.24, 2.45) is 0 Å². The molecule has 1 aliphatic heterocycles. The van der Waals surface area contributed by atoms with Crippen LogP contribution in [-0.2, 0) is 6.18 Å². The van der Waals surface area contributed by atoms with Gasteiger partial charge in [0, 0.05) is 19.0 Å². The lowest BCUT2D eigenvalue weighted by atomic mass is 9.97. The molecule has 2 aromatic heterocycles. The first kappa shape index (κ1) is 18.2. The molecule has 0 bridgehead atoms. The number of amides is 2. The highest BCUT2D eigenvalue weighted by Gasteiger charge is 2.35. The van der Waals surface area contributed by atoms with Gasteiger partial charge in [-0.25, -0.2) is 9.78 Å². The van der Waals surface area contributed by atoms with Crippen LogP contribution in [0, 0.1) is 18.3 Å². The van der Waals surface area contributed by atoms with E-state index in [-0.39, 0.29) is 18.3 Å². The summed E-state index contributed by atoms with van der Waals surface area (Å²) < 4.78 is 42.2. The van der Waals surface area contributed by atoms with Gasteiger partial charge in [-0.3, -0.25) is 5.32 Å². The monoisotopic (exact) mass is 384 g/mol. The first-order chi connectivity index (χ1) is 12.3. The average molecular weight is 384 g/mol. The Morgan fingerprint density at radius 3 is 2.96 bits per heavy atom. The Kier molecular flexibility index (Phi) is 4.86. The number of hydrogen-bond acceptors (Lipinski definition) is 5. The second-order valence-corrected chi connectivity index (χ2v) is 6.75. The molecule has 0 radical (unpaired) electrons. The Hall–Kier alpha value is -2.61. The lowest BCUT2D eigenvalue weighted by molar-refractivity contribution is -0.141. The number of aryl methyl sites for hydroxylation is 1. The van der Waals surface area contributed by atoms with Gasteiger partial charge in [-0.1, -0.05) is 0 Å². The van der Waals surface area contributed by atoms with Crippen molar-refractivity contribution < 1.29 is 18.0 Å². The van der Waals surface area contributed by atoms with Gasteiger partial charge in [0.05, 0.1) is 11.9 Å². The number of rotatable bonds is 2. The maximum atomic E-state index is 12.7. The first-order valence-corrected chi connectivity index (χ1v) is 8.61. The molecular weight excluding hydrogens is 369 g/mol. The Bertz CT molecular complexity index is 852. The van der Waals surface area contributed by atoms with E-state index in [1.54, 1.807) is 6.92 Å². The Balaban J connectivity index is 1.69. The molecule has 0 spiro atoms. The summed E-state index contributed by atoms with van der Waals surface area (Å²) >= 11 is 1.02. The van der Waals surface area contributed by atoms with Gasteiger partial charge in [0.1, 0.15) is 28.2 Å². The molecule has 1 saturated heterocycles. The predicted octanol–water partition coefficient (Wildman–Crippen LogP) is 3.48. The number of hydrogen-bond donors (Lipinski definition) is 2. The lowest BCUT2D eigenvalue weighted by Gasteiger charge is -2.31. The highest BCUT2D eigenvalue weighted by molar-refractivity contribution is 7.10. The van der Waals surface area contributed by atoms with Crippen molar-refractivity contribution in [2.75, 3.05) is 18.4 Å². The third kappa shape index (κ3) is 3.65. The van der Waals surface area contributed by atoms with Crippen LogP contribution < -0.4 is 5.32 Å². The Labute approximate surface area is 151 Å². The van der Waals surface area contributed by atoms with Gasteiger partial charge in [0.2, 0.25) is 0 Å². The highest BCUT2D eigenvalue weighted by atomic mass is 32.1. The molecular formula is C15H15F3N6OS. The molecule has 0 saturated carbocycles. The van der Waals surface area contributed by atoms with Crippen molar-refractivity contribution in [1.82, 2.24) is 19.2 Å². The molecule has 0 aromatic carbocycles. The van der Waals surface area contributed by atoms with Crippen LogP contribution in [0.3, 0.4) is 0 Å². The van der Waals surface area contributed by atoms with E-state index in [9.17, 15) is 18.0 Å². The summed E-state index contributed by atoms with van der Waals surface area (Å²) in [7, 11) is 0. The number of carbonyl (C=O) groups is 1. The molecule has 2 N–H and O–H groups in total. The third-order valence-electron chi connectivity index (χ3n) is 4.19. The summed E-state index contributed by atoms with van der Waals surface area (Å²) in [5.74, 6) is -0.0783. The Morgan fingerprint density at radius 2 is 2.31 bits per heavy atom. The van der Waals surface area contributed by atoms with Crippen LogP contribution in [0.25, 0.3) is 0 Å². The molecule has 3 rings (SSSR count). The number of alkyl halides is 3. The van der Waals surface area contributed by atoms with Crippen LogP contribution in [0.2, 0.25) is 0 Å². The second-order valence-electron chi connectivity index (χ2n) is 5.98. The average Bonchev–Trinajstić information content (AvgIpc) is 3.22. The van der Waals surface area contributed by atoms with Gasteiger partial charge in [-0.2, -0.15) is 22.8 Å². The number of H-pyrrole nitrogens is 1. The number of aromatic nitrogens is 3. The molecule has 7 nitrogen and oxygen atoms in total. The summed E-state index contributed by atoms with van der Waals surface area (Å²) in [5, 5.41) is 12.2. The van der Waals surface area contributed by atoms with Gasteiger partial charge in [-0.15, -0.1) is 0 Å². The number of piperidine rings is 1. The standard InChI is InChI=1S/C15H15F3N6OS/c1-8-10(5-19)13(26-23-8)22-14(25)24-4-2-3-9(7-24)12-20-6-11(21-12)15(16,17)18/h6,9H,2-4,7H2,1H3,(H,20,21)(H,22,25). The zero-order valence-electron chi connectivity index (χ0n) is 13.7. The van der Waals surface area contributed by atoms with Crippen LogP contribution in [0.5, 0.6) is 0 Å². The number of carbonyl (C=O) groups excluding carboxylic acids is 1. The van der Waals surface area contributed by atoms with Crippen molar-refractivity contribution in [3.63, 3.8) is 0 Å². The fourth-order valence-corrected chi connectivity index (χ4v) is 3.57. The lowest BCUT2D eigenvalue weighted by Crippen LogP contribution is -2.41. The van der Waals surface area contributed by atoms with E-state index in [1.807, 2.05) is 6.07 Å². The van der Waals surface area contributed by atoms with Crippen molar-refractivity contribution >= 4 is 22.6 Å². The van der Waals surface area contributed by atoms with Gasteiger partial charge < -0.3 is 9.88 Å². The number of nitrogens with one attached hydrogen (secondary N) is 2. The van der Waals surface area contributed by atoms with E-state index < -0.39 is 17.9 Å². The number of urea groups is 1. The number of aromatic amines is 1. The molecule has 2 amide bonds. The van der Waals surface area contributed by atoms with E-state index in [0.717, 1.165) is 17.7 Å². The van der Waals surface area contributed by atoms with Crippen LogP contribution >= 0.6 is 11.5 Å². The van der Waals surface area contributed by atoms with Gasteiger partial charge >= 0.3 is 12.2 Å². The van der Waals surface area contributed by atoms with E-state index in [1.165, 1.54) is 4.90 Å². The number of nitrogens with zero attached hydrogens (tertiary/aromatic N) is 4. The summed E-state index contributed by atoms with van der Waals surface area (Å²) in [5.41, 5.74) is -0.0368. The van der Waals surface area contributed by atoms with E-state index in [4.69, 9.17) is 5.26 Å². The second kappa shape index (κ2) is 6.95. The fourth-order valence-electron chi connectivity index (χ4n) is 2.84. The minimum absolute atomic E-state index is 0.223. The molecule has 2 aromatic rings. The minimum Gasteiger partial charge on any atom is -0.338 e. The smallest absolute Gasteiger partial charge is 0.338 e. The van der Waals surface area contributed by atoms with E-state index >= 15 is 0 Å². The largest absolute Gasteiger partial charge is 0.432 e. The molecule has 11 heteroatoms. The maximum Gasteiger partial charge on any atom is 0.432 e. The maximum absolute atomic E-state index is 12.7. The Morgan fingerprint density at radius 1 is 1.54 bits per heavy atom.